The lowest BCUT2D eigenvalue weighted by Crippen LogP contribution is -2.25. The number of esters is 1. The van der Waals surface area contributed by atoms with Crippen LogP contribution in [0.4, 0.5) is 0 Å². The molecular weight excluding hydrogens is 244 g/mol. The monoisotopic (exact) mass is 256 g/mol. The largest absolute Gasteiger partial charge is 0.477 e. The van der Waals surface area contributed by atoms with Crippen LogP contribution in [0, 0.1) is 0 Å². The molecule has 92 valence electrons. The summed E-state index contributed by atoms with van der Waals surface area (Å²) in [5, 5.41) is 0.286. The molecule has 5 heteroatoms. The molecule has 0 heterocycles. The first-order chi connectivity index (χ1) is 7.95. The predicted molar refractivity (Wildman–Crippen MR) is 63.6 cm³/mol. The molecule has 0 aliphatic rings. The molecular formula is C12H13ClO4. The lowest BCUT2D eigenvalue weighted by Gasteiger charge is -2.13. The van der Waals surface area contributed by atoms with Gasteiger partial charge in [0.2, 0.25) is 0 Å². The molecule has 0 saturated heterocycles. The van der Waals surface area contributed by atoms with Crippen LogP contribution in [0.3, 0.4) is 0 Å². The van der Waals surface area contributed by atoms with Crippen molar-refractivity contribution in [3.05, 3.63) is 28.8 Å². The highest BCUT2D eigenvalue weighted by atomic mass is 35.5. The van der Waals surface area contributed by atoms with E-state index in [2.05, 4.69) is 4.74 Å². The zero-order valence-electron chi connectivity index (χ0n) is 9.82. The van der Waals surface area contributed by atoms with Gasteiger partial charge in [0.25, 0.3) is 0 Å². The Labute approximate surface area is 104 Å². The highest BCUT2D eigenvalue weighted by Gasteiger charge is 2.16. The highest BCUT2D eigenvalue weighted by molar-refractivity contribution is 6.32. The number of carbonyl (C=O) groups is 2. The summed E-state index contributed by atoms with van der Waals surface area (Å²) in [5.41, 5.74) is 0.494. The average molecular weight is 257 g/mol. The van der Waals surface area contributed by atoms with Crippen LogP contribution in [-0.4, -0.2) is 25.0 Å². The van der Waals surface area contributed by atoms with Gasteiger partial charge >= 0.3 is 5.97 Å². The Bertz CT molecular complexity index is 442. The Kier molecular flexibility index (Phi) is 4.52. The van der Waals surface area contributed by atoms with E-state index in [1.54, 1.807) is 19.1 Å². The maximum absolute atomic E-state index is 11.2. The smallest absolute Gasteiger partial charge is 0.346 e. The molecule has 1 aromatic rings. The normalized spacial score (nSPS) is 11.8. The molecule has 0 amide bonds. The first kappa shape index (κ1) is 13.5. The van der Waals surface area contributed by atoms with E-state index >= 15 is 0 Å². The van der Waals surface area contributed by atoms with E-state index in [0.717, 1.165) is 0 Å². The summed E-state index contributed by atoms with van der Waals surface area (Å²) in [6.07, 6.45) is -0.749. The van der Waals surface area contributed by atoms with Crippen molar-refractivity contribution in [2.75, 3.05) is 7.11 Å². The van der Waals surface area contributed by atoms with Gasteiger partial charge < -0.3 is 9.47 Å². The fourth-order valence-electron chi connectivity index (χ4n) is 1.22. The zero-order valence-corrected chi connectivity index (χ0v) is 10.6. The van der Waals surface area contributed by atoms with Crippen molar-refractivity contribution in [2.45, 2.75) is 20.0 Å². The van der Waals surface area contributed by atoms with Gasteiger partial charge in [-0.15, -0.1) is 0 Å². The summed E-state index contributed by atoms with van der Waals surface area (Å²) >= 11 is 5.94. The molecule has 1 atom stereocenters. The Morgan fingerprint density at radius 2 is 2.00 bits per heavy atom. The molecule has 17 heavy (non-hydrogen) atoms. The number of rotatable bonds is 4. The second-order valence-corrected chi connectivity index (χ2v) is 3.89. The summed E-state index contributed by atoms with van der Waals surface area (Å²) in [6, 6.07) is 4.65. The first-order valence-corrected chi connectivity index (χ1v) is 5.38. The standard InChI is InChI=1S/C12H13ClO4/c1-7(14)9-4-5-11(10(13)6-9)17-8(2)12(15)16-3/h4-6,8H,1-3H3. The molecule has 0 aliphatic heterocycles. The zero-order chi connectivity index (χ0) is 13.0. The molecule has 0 bridgehead atoms. The number of methoxy groups -OCH3 is 1. The van der Waals surface area contributed by atoms with Crippen molar-refractivity contribution >= 4 is 23.4 Å². The molecule has 0 fully saturated rings. The number of ether oxygens (including phenoxy) is 2. The third kappa shape index (κ3) is 3.46. The summed E-state index contributed by atoms with van der Waals surface area (Å²) in [5.74, 6) is -0.231. The maximum Gasteiger partial charge on any atom is 0.346 e. The summed E-state index contributed by atoms with van der Waals surface area (Å²) in [7, 11) is 1.28. The molecule has 1 unspecified atom stereocenters. The topological polar surface area (TPSA) is 52.6 Å². The number of hydrogen-bond acceptors (Lipinski definition) is 4. The van der Waals surface area contributed by atoms with Crippen molar-refractivity contribution in [3.8, 4) is 5.75 Å². The lowest BCUT2D eigenvalue weighted by molar-refractivity contribution is -0.147. The SMILES string of the molecule is COC(=O)C(C)Oc1ccc(C(C)=O)cc1Cl. The average Bonchev–Trinajstić information content (AvgIpc) is 2.30. The minimum absolute atomic E-state index is 0.0838. The van der Waals surface area contributed by atoms with Gasteiger partial charge in [-0.3, -0.25) is 4.79 Å². The van der Waals surface area contributed by atoms with Crippen LogP contribution in [0.1, 0.15) is 24.2 Å². The van der Waals surface area contributed by atoms with Gasteiger partial charge in [0.05, 0.1) is 12.1 Å². The number of halogens is 1. The van der Waals surface area contributed by atoms with Gasteiger partial charge in [-0.1, -0.05) is 11.6 Å². The second kappa shape index (κ2) is 5.68. The van der Waals surface area contributed by atoms with Gasteiger partial charge in [0.15, 0.2) is 11.9 Å². The molecule has 0 radical (unpaired) electrons. The van der Waals surface area contributed by atoms with Crippen LogP contribution in [0.15, 0.2) is 18.2 Å². The number of carbonyl (C=O) groups excluding carboxylic acids is 2. The molecule has 1 aromatic carbocycles. The maximum atomic E-state index is 11.2. The fraction of sp³-hybridized carbons (Fsp3) is 0.333. The molecule has 1 rings (SSSR count). The van der Waals surface area contributed by atoms with Crippen molar-refractivity contribution in [3.63, 3.8) is 0 Å². The lowest BCUT2D eigenvalue weighted by atomic mass is 10.1. The van der Waals surface area contributed by atoms with Crippen LogP contribution in [-0.2, 0) is 9.53 Å². The first-order valence-electron chi connectivity index (χ1n) is 5.00. The van der Waals surface area contributed by atoms with E-state index in [4.69, 9.17) is 16.3 Å². The number of Topliss-reactive ketones (excluding diaryl/α,β-unsaturated/α-hetero) is 1. The fourth-order valence-corrected chi connectivity index (χ4v) is 1.45. The van der Waals surface area contributed by atoms with Crippen molar-refractivity contribution in [2.24, 2.45) is 0 Å². The van der Waals surface area contributed by atoms with E-state index in [-0.39, 0.29) is 10.8 Å². The van der Waals surface area contributed by atoms with E-state index in [1.165, 1.54) is 20.1 Å². The van der Waals surface area contributed by atoms with Crippen molar-refractivity contribution in [1.82, 2.24) is 0 Å². The Morgan fingerprint density at radius 3 is 2.47 bits per heavy atom. The van der Waals surface area contributed by atoms with E-state index in [1.807, 2.05) is 0 Å². The van der Waals surface area contributed by atoms with Crippen LogP contribution in [0.25, 0.3) is 0 Å². The Morgan fingerprint density at radius 1 is 1.35 bits per heavy atom. The Hall–Kier alpha value is -1.55. The minimum atomic E-state index is -0.749. The van der Waals surface area contributed by atoms with Crippen molar-refractivity contribution < 1.29 is 19.1 Å². The summed E-state index contributed by atoms with van der Waals surface area (Å²) in [6.45, 7) is 3.00. The molecule has 4 nitrogen and oxygen atoms in total. The van der Waals surface area contributed by atoms with Crippen LogP contribution in [0.2, 0.25) is 5.02 Å². The van der Waals surface area contributed by atoms with Gasteiger partial charge in [-0.25, -0.2) is 4.79 Å². The predicted octanol–water partition coefficient (Wildman–Crippen LogP) is 2.48. The minimum Gasteiger partial charge on any atom is -0.477 e. The highest BCUT2D eigenvalue weighted by Crippen LogP contribution is 2.26. The third-order valence-corrected chi connectivity index (χ3v) is 2.47. The molecule has 0 aliphatic carbocycles. The van der Waals surface area contributed by atoms with E-state index in [0.29, 0.717) is 11.3 Å². The van der Waals surface area contributed by atoms with Gasteiger partial charge in [0, 0.05) is 5.56 Å². The number of benzene rings is 1. The molecule has 0 aromatic heterocycles. The summed E-state index contributed by atoms with van der Waals surface area (Å²) < 4.78 is 9.84. The van der Waals surface area contributed by atoms with Crippen LogP contribution >= 0.6 is 11.6 Å². The van der Waals surface area contributed by atoms with Gasteiger partial charge in [0.1, 0.15) is 5.75 Å². The molecule has 0 saturated carbocycles. The van der Waals surface area contributed by atoms with Gasteiger partial charge in [-0.2, -0.15) is 0 Å². The number of hydrogen-bond donors (Lipinski definition) is 0. The second-order valence-electron chi connectivity index (χ2n) is 3.48. The van der Waals surface area contributed by atoms with Crippen LogP contribution in [0.5, 0.6) is 5.75 Å². The quantitative estimate of drug-likeness (QED) is 0.613. The van der Waals surface area contributed by atoms with Crippen LogP contribution < -0.4 is 4.74 Å². The Balaban J connectivity index is 2.86. The summed E-state index contributed by atoms with van der Waals surface area (Å²) in [4.78, 5) is 22.3. The van der Waals surface area contributed by atoms with E-state index < -0.39 is 12.1 Å². The molecule has 0 N–H and O–H groups in total. The van der Waals surface area contributed by atoms with Gasteiger partial charge in [-0.05, 0) is 32.0 Å². The van der Waals surface area contributed by atoms with Crippen molar-refractivity contribution in [1.29, 1.82) is 0 Å². The number of ketones is 1. The molecule has 0 spiro atoms. The third-order valence-electron chi connectivity index (χ3n) is 2.18. The van der Waals surface area contributed by atoms with E-state index in [9.17, 15) is 9.59 Å².